The van der Waals surface area contributed by atoms with Crippen molar-refractivity contribution in [3.8, 4) is 0 Å². The van der Waals surface area contributed by atoms with Gasteiger partial charge in [0.2, 0.25) is 0 Å². The molecule has 0 spiro atoms. The number of nitrogens with one attached hydrogen (secondary N) is 1. The van der Waals surface area contributed by atoms with Gasteiger partial charge in [0.1, 0.15) is 0 Å². The number of hydrogen-bond donors (Lipinski definition) is 2. The van der Waals surface area contributed by atoms with Crippen LogP contribution in [-0.2, 0) is 6.54 Å². The average molecular weight is 197 g/mol. The first-order valence-electron chi connectivity index (χ1n) is 5.11. The summed E-state index contributed by atoms with van der Waals surface area (Å²) < 4.78 is 1.82. The molecule has 0 aliphatic carbocycles. The van der Waals surface area contributed by atoms with Gasteiger partial charge in [0.05, 0.1) is 12.6 Å². The summed E-state index contributed by atoms with van der Waals surface area (Å²) >= 11 is 0. The van der Waals surface area contributed by atoms with Crippen molar-refractivity contribution in [2.24, 2.45) is 0 Å². The second-order valence-corrected chi connectivity index (χ2v) is 3.51. The van der Waals surface area contributed by atoms with Crippen LogP contribution in [0.15, 0.2) is 12.3 Å². The van der Waals surface area contributed by atoms with Crippen LogP contribution >= 0.6 is 0 Å². The summed E-state index contributed by atoms with van der Waals surface area (Å²) in [6, 6.07) is 1.94. The fourth-order valence-corrected chi connectivity index (χ4v) is 1.30. The molecule has 0 aromatic carbocycles. The van der Waals surface area contributed by atoms with Crippen LogP contribution in [0.25, 0.3) is 0 Å². The third-order valence-corrected chi connectivity index (χ3v) is 2.12. The van der Waals surface area contributed by atoms with Crippen LogP contribution in [-0.4, -0.2) is 34.1 Å². The number of aromatic nitrogens is 2. The highest BCUT2D eigenvalue weighted by atomic mass is 16.3. The number of rotatable bonds is 6. The summed E-state index contributed by atoms with van der Waals surface area (Å²) in [6.45, 7) is 6.24. The van der Waals surface area contributed by atoms with E-state index in [1.807, 2.05) is 17.7 Å². The lowest BCUT2D eigenvalue weighted by Crippen LogP contribution is -2.31. The third kappa shape index (κ3) is 3.47. The van der Waals surface area contributed by atoms with Gasteiger partial charge >= 0.3 is 0 Å². The van der Waals surface area contributed by atoms with Gasteiger partial charge in [0.15, 0.2) is 0 Å². The molecule has 0 aliphatic heterocycles. The second-order valence-electron chi connectivity index (χ2n) is 3.51. The molecule has 0 saturated carbocycles. The van der Waals surface area contributed by atoms with Gasteiger partial charge in [-0.3, -0.25) is 4.68 Å². The number of aryl methyl sites for hydroxylation is 1. The third-order valence-electron chi connectivity index (χ3n) is 2.12. The van der Waals surface area contributed by atoms with Crippen LogP contribution < -0.4 is 5.32 Å². The molecular weight excluding hydrogens is 178 g/mol. The minimum Gasteiger partial charge on any atom is -0.390 e. The monoisotopic (exact) mass is 197 g/mol. The zero-order valence-electron chi connectivity index (χ0n) is 8.90. The molecule has 4 heteroatoms. The molecule has 1 unspecified atom stereocenters. The number of aliphatic hydroxyl groups excluding tert-OH is 1. The van der Waals surface area contributed by atoms with Crippen molar-refractivity contribution in [2.75, 3.05) is 13.1 Å². The van der Waals surface area contributed by atoms with Crippen LogP contribution in [0.5, 0.6) is 0 Å². The number of hydrogen-bond acceptors (Lipinski definition) is 3. The largest absolute Gasteiger partial charge is 0.390 e. The Morgan fingerprint density at radius 1 is 1.64 bits per heavy atom. The number of nitrogens with zero attached hydrogens (tertiary/aromatic N) is 2. The Kier molecular flexibility index (Phi) is 4.62. The van der Waals surface area contributed by atoms with Gasteiger partial charge < -0.3 is 10.4 Å². The van der Waals surface area contributed by atoms with Gasteiger partial charge in [0, 0.05) is 18.4 Å². The Balaban J connectivity index is 2.27. The molecule has 0 amide bonds. The topological polar surface area (TPSA) is 50.1 Å². The second kappa shape index (κ2) is 5.78. The van der Waals surface area contributed by atoms with Crippen molar-refractivity contribution in [1.82, 2.24) is 15.1 Å². The van der Waals surface area contributed by atoms with Gasteiger partial charge in [0.25, 0.3) is 0 Å². The Bertz CT molecular complexity index is 260. The van der Waals surface area contributed by atoms with Crippen molar-refractivity contribution in [3.63, 3.8) is 0 Å². The first kappa shape index (κ1) is 11.2. The lowest BCUT2D eigenvalue weighted by molar-refractivity contribution is 0.146. The maximum absolute atomic E-state index is 9.65. The Labute approximate surface area is 84.9 Å². The molecule has 1 aromatic rings. The van der Waals surface area contributed by atoms with Crippen LogP contribution in [0.1, 0.15) is 19.0 Å². The molecular formula is C10H19N3O. The minimum atomic E-state index is -0.361. The first-order valence-corrected chi connectivity index (χ1v) is 5.11. The molecule has 14 heavy (non-hydrogen) atoms. The van der Waals surface area contributed by atoms with E-state index in [2.05, 4.69) is 17.3 Å². The van der Waals surface area contributed by atoms with E-state index in [9.17, 15) is 5.11 Å². The van der Waals surface area contributed by atoms with E-state index in [-0.39, 0.29) is 6.10 Å². The van der Waals surface area contributed by atoms with Crippen LogP contribution in [0.2, 0.25) is 0 Å². The van der Waals surface area contributed by atoms with E-state index in [1.165, 1.54) is 0 Å². The van der Waals surface area contributed by atoms with Gasteiger partial charge in [-0.2, -0.15) is 5.10 Å². The molecule has 80 valence electrons. The van der Waals surface area contributed by atoms with E-state index in [0.717, 1.165) is 18.7 Å². The zero-order chi connectivity index (χ0) is 10.4. The van der Waals surface area contributed by atoms with Crippen LogP contribution in [0.3, 0.4) is 0 Å². The number of aliphatic hydroxyl groups is 1. The van der Waals surface area contributed by atoms with Crippen molar-refractivity contribution in [2.45, 2.75) is 32.9 Å². The maximum Gasteiger partial charge on any atom is 0.0860 e. The predicted molar refractivity (Wildman–Crippen MR) is 56.1 cm³/mol. The maximum atomic E-state index is 9.65. The Hall–Kier alpha value is -0.870. The normalized spacial score (nSPS) is 13.1. The van der Waals surface area contributed by atoms with Crippen molar-refractivity contribution < 1.29 is 5.11 Å². The van der Waals surface area contributed by atoms with E-state index >= 15 is 0 Å². The molecule has 0 radical (unpaired) electrons. The zero-order valence-corrected chi connectivity index (χ0v) is 8.90. The Morgan fingerprint density at radius 2 is 2.43 bits per heavy atom. The van der Waals surface area contributed by atoms with Crippen molar-refractivity contribution in [3.05, 3.63) is 18.0 Å². The van der Waals surface area contributed by atoms with Gasteiger partial charge in [-0.15, -0.1) is 0 Å². The van der Waals surface area contributed by atoms with Crippen LogP contribution in [0, 0.1) is 6.92 Å². The summed E-state index contributed by atoms with van der Waals surface area (Å²) in [5, 5.41) is 16.9. The lowest BCUT2D eigenvalue weighted by atomic mass is 10.3. The minimum absolute atomic E-state index is 0.361. The molecule has 0 bridgehead atoms. The van der Waals surface area contributed by atoms with Gasteiger partial charge in [-0.1, -0.05) is 6.92 Å². The highest BCUT2D eigenvalue weighted by Gasteiger charge is 2.05. The molecule has 0 saturated heterocycles. The summed E-state index contributed by atoms with van der Waals surface area (Å²) in [4.78, 5) is 0. The summed E-state index contributed by atoms with van der Waals surface area (Å²) in [5.41, 5.74) is 1.08. The van der Waals surface area contributed by atoms with E-state index in [1.54, 1.807) is 6.20 Å². The summed E-state index contributed by atoms with van der Waals surface area (Å²) in [5.74, 6) is 0. The fraction of sp³-hybridized carbons (Fsp3) is 0.700. The first-order chi connectivity index (χ1) is 6.74. The van der Waals surface area contributed by atoms with E-state index in [4.69, 9.17) is 0 Å². The Morgan fingerprint density at radius 3 is 3.00 bits per heavy atom. The summed E-state index contributed by atoms with van der Waals surface area (Å²) in [6.07, 6.45) is 2.48. The van der Waals surface area contributed by atoms with E-state index in [0.29, 0.717) is 13.1 Å². The molecule has 2 N–H and O–H groups in total. The molecule has 0 fully saturated rings. The highest BCUT2D eigenvalue weighted by Crippen LogP contribution is 1.97. The van der Waals surface area contributed by atoms with E-state index < -0.39 is 0 Å². The SMILES string of the molecule is CCCNCC(O)Cn1nccc1C. The smallest absolute Gasteiger partial charge is 0.0860 e. The highest BCUT2D eigenvalue weighted by molar-refractivity contribution is 4.96. The van der Waals surface area contributed by atoms with Gasteiger partial charge in [-0.25, -0.2) is 0 Å². The molecule has 1 atom stereocenters. The van der Waals surface area contributed by atoms with Gasteiger partial charge in [-0.05, 0) is 26.0 Å². The predicted octanol–water partition coefficient (Wildman–Crippen LogP) is 0.552. The van der Waals surface area contributed by atoms with Crippen molar-refractivity contribution in [1.29, 1.82) is 0 Å². The standard InChI is InChI=1S/C10H19N3O/c1-3-5-11-7-10(14)8-13-9(2)4-6-12-13/h4,6,10-11,14H,3,5,7-8H2,1-2H3. The van der Waals surface area contributed by atoms with Crippen LogP contribution in [0.4, 0.5) is 0 Å². The molecule has 4 nitrogen and oxygen atoms in total. The molecule has 0 aliphatic rings. The lowest BCUT2D eigenvalue weighted by Gasteiger charge is -2.12. The van der Waals surface area contributed by atoms with Crippen molar-refractivity contribution >= 4 is 0 Å². The molecule has 1 rings (SSSR count). The quantitative estimate of drug-likeness (QED) is 0.655. The summed E-state index contributed by atoms with van der Waals surface area (Å²) in [7, 11) is 0. The fourth-order valence-electron chi connectivity index (χ4n) is 1.30. The molecule has 1 heterocycles. The molecule has 1 aromatic heterocycles. The average Bonchev–Trinajstić information content (AvgIpc) is 2.52.